The highest BCUT2D eigenvalue weighted by molar-refractivity contribution is 6.34. The molecule has 9 heteroatoms. The molecule has 1 fully saturated rings. The third kappa shape index (κ3) is 3.35. The smallest absolute Gasteiger partial charge is 0.167 e. The van der Waals surface area contributed by atoms with Crippen molar-refractivity contribution in [1.29, 1.82) is 0 Å². The lowest BCUT2D eigenvalue weighted by Crippen LogP contribution is -2.62. The highest BCUT2D eigenvalue weighted by Gasteiger charge is 2.38. The van der Waals surface area contributed by atoms with E-state index in [1.165, 1.54) is 0 Å². The van der Waals surface area contributed by atoms with Crippen LogP contribution in [0.15, 0.2) is 30.6 Å². The van der Waals surface area contributed by atoms with Gasteiger partial charge in [-0.3, -0.25) is 0 Å². The molecular weight excluding hydrogens is 414 g/mol. The van der Waals surface area contributed by atoms with Gasteiger partial charge in [-0.25, -0.2) is 15.0 Å². The number of fused-ring (bicyclic) bond motifs is 2. The number of aliphatic hydroxyl groups is 1. The van der Waals surface area contributed by atoms with Gasteiger partial charge in [-0.05, 0) is 31.0 Å². The molecule has 0 amide bonds. The predicted molar refractivity (Wildman–Crippen MR) is 123 cm³/mol. The number of aromatic nitrogens is 5. The third-order valence-corrected chi connectivity index (χ3v) is 6.78. The van der Waals surface area contributed by atoms with Gasteiger partial charge in [-0.2, -0.15) is 0 Å². The Kier molecular flexibility index (Phi) is 4.88. The topological polar surface area (TPSA) is 106 Å². The van der Waals surface area contributed by atoms with Crippen LogP contribution in [-0.2, 0) is 0 Å². The molecule has 0 aromatic carbocycles. The van der Waals surface area contributed by atoms with Crippen molar-refractivity contribution >= 4 is 39.5 Å². The van der Waals surface area contributed by atoms with Crippen molar-refractivity contribution in [2.24, 2.45) is 5.92 Å². The number of piperazine rings is 1. The van der Waals surface area contributed by atoms with Gasteiger partial charge in [-0.1, -0.05) is 25.4 Å². The Bertz CT molecular complexity index is 1250. The van der Waals surface area contributed by atoms with Crippen LogP contribution in [0.5, 0.6) is 0 Å². The van der Waals surface area contributed by atoms with Crippen molar-refractivity contribution in [3.63, 3.8) is 0 Å². The molecule has 4 N–H and O–H groups in total. The van der Waals surface area contributed by atoms with Crippen LogP contribution in [0, 0.1) is 5.92 Å². The molecule has 0 bridgehead atoms. The van der Waals surface area contributed by atoms with Gasteiger partial charge >= 0.3 is 0 Å². The van der Waals surface area contributed by atoms with Gasteiger partial charge in [-0.15, -0.1) is 0 Å². The highest BCUT2D eigenvalue weighted by Crippen LogP contribution is 2.36. The maximum Gasteiger partial charge on any atom is 0.167 e. The molecule has 0 radical (unpaired) electrons. The predicted octanol–water partition coefficient (Wildman–Crippen LogP) is 3.34. The molecule has 31 heavy (non-hydrogen) atoms. The first-order valence-corrected chi connectivity index (χ1v) is 10.9. The summed E-state index contributed by atoms with van der Waals surface area (Å²) in [5.74, 6) is 1.50. The van der Waals surface area contributed by atoms with Crippen molar-refractivity contribution in [1.82, 2.24) is 30.2 Å². The monoisotopic (exact) mass is 439 g/mol. The number of H-pyrrole nitrogens is 2. The fourth-order valence-electron chi connectivity index (χ4n) is 4.22. The zero-order valence-corrected chi connectivity index (χ0v) is 18.5. The first-order valence-electron chi connectivity index (χ1n) is 10.5. The Morgan fingerprint density at radius 3 is 2.87 bits per heavy atom. The molecule has 0 aliphatic carbocycles. The first-order chi connectivity index (χ1) is 14.9. The fraction of sp³-hybridized carbons (Fsp3) is 0.409. The molecule has 2 atom stereocenters. The van der Waals surface area contributed by atoms with Gasteiger partial charge in [0.15, 0.2) is 5.82 Å². The van der Waals surface area contributed by atoms with E-state index in [4.69, 9.17) is 21.6 Å². The second-order valence-corrected chi connectivity index (χ2v) is 9.04. The summed E-state index contributed by atoms with van der Waals surface area (Å²) in [6.07, 6.45) is 3.59. The van der Waals surface area contributed by atoms with Gasteiger partial charge in [0, 0.05) is 37.4 Å². The minimum Gasteiger partial charge on any atom is -0.388 e. The molecule has 162 valence electrons. The number of hydrogen-bond donors (Lipinski definition) is 4. The summed E-state index contributed by atoms with van der Waals surface area (Å²) in [5, 5.41) is 16.8. The minimum atomic E-state index is -0.836. The Morgan fingerprint density at radius 1 is 1.23 bits per heavy atom. The molecule has 1 aliphatic heterocycles. The second-order valence-electron chi connectivity index (χ2n) is 8.66. The number of anilines is 1. The summed E-state index contributed by atoms with van der Waals surface area (Å²) < 4.78 is 0. The van der Waals surface area contributed by atoms with Crippen molar-refractivity contribution in [2.45, 2.75) is 32.4 Å². The number of rotatable bonds is 4. The first kappa shape index (κ1) is 20.2. The van der Waals surface area contributed by atoms with Crippen LogP contribution >= 0.6 is 11.6 Å². The summed E-state index contributed by atoms with van der Waals surface area (Å²) in [5.41, 5.74) is 1.36. The van der Waals surface area contributed by atoms with E-state index in [0.717, 1.165) is 40.9 Å². The Labute approximate surface area is 185 Å². The Morgan fingerprint density at radius 2 is 2.06 bits per heavy atom. The molecule has 8 nitrogen and oxygen atoms in total. The van der Waals surface area contributed by atoms with E-state index < -0.39 is 5.60 Å². The molecule has 4 aromatic heterocycles. The average Bonchev–Trinajstić information content (AvgIpc) is 3.36. The molecular formula is C22H26ClN7O. The van der Waals surface area contributed by atoms with E-state index in [0.29, 0.717) is 23.2 Å². The molecule has 1 saturated heterocycles. The van der Waals surface area contributed by atoms with Crippen molar-refractivity contribution in [2.75, 3.05) is 24.5 Å². The maximum atomic E-state index is 11.1. The lowest BCUT2D eigenvalue weighted by Gasteiger charge is -2.43. The number of pyridine rings is 1. The molecule has 1 unspecified atom stereocenters. The van der Waals surface area contributed by atoms with Crippen LogP contribution in [0.25, 0.3) is 33.5 Å². The molecule has 0 saturated carbocycles. The van der Waals surface area contributed by atoms with E-state index in [1.807, 2.05) is 45.2 Å². The Hall–Kier alpha value is -2.68. The fourth-order valence-corrected chi connectivity index (χ4v) is 4.50. The lowest BCUT2D eigenvalue weighted by atomic mass is 9.84. The van der Waals surface area contributed by atoms with Crippen LogP contribution in [0.1, 0.15) is 20.8 Å². The maximum absolute atomic E-state index is 11.1. The number of nitrogens with one attached hydrogen (secondary N) is 3. The van der Waals surface area contributed by atoms with E-state index in [1.54, 1.807) is 6.20 Å². The van der Waals surface area contributed by atoms with Crippen LogP contribution in [0.4, 0.5) is 5.82 Å². The quantitative estimate of drug-likeness (QED) is 0.388. The summed E-state index contributed by atoms with van der Waals surface area (Å²) in [6, 6.07) is 5.75. The zero-order chi connectivity index (χ0) is 21.8. The van der Waals surface area contributed by atoms with Crippen molar-refractivity contribution in [3.8, 4) is 11.4 Å². The lowest BCUT2D eigenvalue weighted by molar-refractivity contribution is -0.0231. The van der Waals surface area contributed by atoms with Crippen molar-refractivity contribution in [3.05, 3.63) is 35.7 Å². The summed E-state index contributed by atoms with van der Waals surface area (Å²) in [4.78, 5) is 22.6. The van der Waals surface area contributed by atoms with Crippen LogP contribution in [-0.4, -0.2) is 61.3 Å². The van der Waals surface area contributed by atoms with Crippen LogP contribution in [0.2, 0.25) is 5.15 Å². The van der Waals surface area contributed by atoms with Gasteiger partial charge in [0.2, 0.25) is 0 Å². The average molecular weight is 440 g/mol. The van der Waals surface area contributed by atoms with Crippen molar-refractivity contribution < 1.29 is 5.11 Å². The summed E-state index contributed by atoms with van der Waals surface area (Å²) >= 11 is 6.54. The molecule has 5 heterocycles. The third-order valence-electron chi connectivity index (χ3n) is 6.49. The molecule has 4 aromatic rings. The van der Waals surface area contributed by atoms with Gasteiger partial charge in [0.1, 0.15) is 22.3 Å². The number of aromatic amines is 2. The Balaban J connectivity index is 1.61. The molecule has 5 rings (SSSR count). The van der Waals surface area contributed by atoms with E-state index in [-0.39, 0.29) is 12.0 Å². The van der Waals surface area contributed by atoms with E-state index >= 15 is 0 Å². The molecule has 1 aliphatic rings. The highest BCUT2D eigenvalue weighted by atomic mass is 35.5. The molecule has 0 spiro atoms. The SMILES string of the molecule is CC(C)C(C)(O)[C@@H]1CN(c2nc(-c3c(Cl)[nH]c4ncccc34)nc3[nH]ccc23)CCN1. The number of hydrogen-bond acceptors (Lipinski definition) is 6. The van der Waals surface area contributed by atoms with Crippen LogP contribution in [0.3, 0.4) is 0 Å². The largest absolute Gasteiger partial charge is 0.388 e. The van der Waals surface area contributed by atoms with E-state index in [2.05, 4.69) is 25.2 Å². The van der Waals surface area contributed by atoms with E-state index in [9.17, 15) is 5.11 Å². The van der Waals surface area contributed by atoms with Gasteiger partial charge in [0.25, 0.3) is 0 Å². The summed E-state index contributed by atoms with van der Waals surface area (Å²) in [6.45, 7) is 8.17. The minimum absolute atomic E-state index is 0.0745. The van der Waals surface area contributed by atoms with Gasteiger partial charge in [0.05, 0.1) is 22.6 Å². The van der Waals surface area contributed by atoms with Crippen LogP contribution < -0.4 is 10.2 Å². The normalized spacial score (nSPS) is 19.4. The zero-order valence-electron chi connectivity index (χ0n) is 17.8. The van der Waals surface area contributed by atoms with Gasteiger partial charge < -0.3 is 25.3 Å². The summed E-state index contributed by atoms with van der Waals surface area (Å²) in [7, 11) is 0. The number of nitrogens with zero attached hydrogens (tertiary/aromatic N) is 4. The number of halogens is 1. The second kappa shape index (κ2) is 7.47. The standard InChI is InChI=1S/C22H26ClN7O/c1-12(2)22(3,31)15-11-30(10-9-24-15)21-14-6-8-26-19(14)28-20(29-21)16-13-5-4-7-25-18(13)27-17(16)23/h4-8,12,15,24,31H,9-11H2,1-3H3,(H,25,27)(H,26,28,29)/t15-,22?/m0/s1.